The first-order chi connectivity index (χ1) is 19.3. The van der Waals surface area contributed by atoms with Crippen LogP contribution in [0, 0.1) is 5.92 Å². The number of allylic oxidation sites excluding steroid dienone is 1. The van der Waals surface area contributed by atoms with Gasteiger partial charge in [0.25, 0.3) is 0 Å². The van der Waals surface area contributed by atoms with Crippen molar-refractivity contribution in [3.8, 4) is 0 Å². The topological polar surface area (TPSA) is 137 Å². The van der Waals surface area contributed by atoms with E-state index in [0.29, 0.717) is 65.4 Å². The molecule has 0 aromatic heterocycles. The van der Waals surface area contributed by atoms with Gasteiger partial charge in [0.2, 0.25) is 5.91 Å². The lowest BCUT2D eigenvalue weighted by Crippen LogP contribution is -2.55. The number of epoxide rings is 2. The first kappa shape index (κ1) is 32.6. The molecular formula is C29H48N2O9. The number of carbonyl (C=O) groups excluding carboxylic acids is 3. The summed E-state index contributed by atoms with van der Waals surface area (Å²) in [5.41, 5.74) is 0.670. The summed E-state index contributed by atoms with van der Waals surface area (Å²) in [5, 5.41) is 5.58. The number of nitrogens with one attached hydrogen (secondary N) is 2. The molecule has 2 heterocycles. The summed E-state index contributed by atoms with van der Waals surface area (Å²) in [5.74, 6) is -0.336. The van der Waals surface area contributed by atoms with Crippen molar-refractivity contribution in [2.45, 2.75) is 88.8 Å². The second-order valence-corrected chi connectivity index (χ2v) is 11.2. The Morgan fingerprint density at radius 1 is 1.07 bits per heavy atom. The largest absolute Gasteiger partial charge is 0.460 e. The van der Waals surface area contributed by atoms with Gasteiger partial charge in [-0.15, -0.1) is 0 Å². The number of carbonyl (C=O) groups is 3. The Labute approximate surface area is 238 Å². The molecule has 11 nitrogen and oxygen atoms in total. The summed E-state index contributed by atoms with van der Waals surface area (Å²) in [7, 11) is 1.68. The average Bonchev–Trinajstić information content (AvgIpc) is 3.84. The molecule has 3 aliphatic rings. The fourth-order valence-corrected chi connectivity index (χ4v) is 5.65. The Morgan fingerprint density at radius 3 is 2.50 bits per heavy atom. The fraction of sp³-hybridized carbons (Fsp3) is 0.828. The highest BCUT2D eigenvalue weighted by atomic mass is 16.6. The number of methoxy groups -OCH3 is 1. The predicted molar refractivity (Wildman–Crippen MR) is 147 cm³/mol. The summed E-state index contributed by atoms with van der Waals surface area (Å²) in [6, 6.07) is 0. The van der Waals surface area contributed by atoms with E-state index < -0.39 is 0 Å². The van der Waals surface area contributed by atoms with Crippen LogP contribution in [0.1, 0.15) is 59.3 Å². The maximum Gasteiger partial charge on any atom is 0.306 e. The third kappa shape index (κ3) is 9.60. The molecule has 11 heteroatoms. The van der Waals surface area contributed by atoms with Crippen LogP contribution in [0.3, 0.4) is 0 Å². The maximum atomic E-state index is 12.6. The van der Waals surface area contributed by atoms with Crippen LogP contribution in [-0.2, 0) is 42.8 Å². The first-order valence-corrected chi connectivity index (χ1v) is 14.5. The second-order valence-electron chi connectivity index (χ2n) is 11.2. The van der Waals surface area contributed by atoms with E-state index in [4.69, 9.17) is 28.4 Å². The van der Waals surface area contributed by atoms with Crippen LogP contribution in [0.25, 0.3) is 0 Å². The normalized spacial score (nSPS) is 30.5. The number of esters is 1. The number of ether oxygens (including phenoxy) is 6. The molecular weight excluding hydrogens is 520 g/mol. The van der Waals surface area contributed by atoms with E-state index in [9.17, 15) is 14.4 Å². The Morgan fingerprint density at radius 2 is 1.82 bits per heavy atom. The van der Waals surface area contributed by atoms with Gasteiger partial charge < -0.3 is 43.8 Å². The molecule has 2 aliphatic heterocycles. The molecule has 0 bridgehead atoms. The molecule has 1 spiro atoms. The van der Waals surface area contributed by atoms with Gasteiger partial charge in [0.05, 0.1) is 45.0 Å². The first-order valence-electron chi connectivity index (χ1n) is 14.5. The minimum absolute atomic E-state index is 0.00851. The third-order valence-electron chi connectivity index (χ3n) is 7.89. The van der Waals surface area contributed by atoms with Crippen LogP contribution in [0.4, 0.5) is 0 Å². The molecule has 3 fully saturated rings. The van der Waals surface area contributed by atoms with E-state index in [0.717, 1.165) is 19.1 Å². The molecule has 3 unspecified atom stereocenters. The van der Waals surface area contributed by atoms with Gasteiger partial charge in [0, 0.05) is 39.6 Å². The third-order valence-corrected chi connectivity index (χ3v) is 7.89. The molecule has 0 aromatic rings. The van der Waals surface area contributed by atoms with Gasteiger partial charge in [-0.25, -0.2) is 0 Å². The van der Waals surface area contributed by atoms with Crippen LogP contribution in [0.2, 0.25) is 0 Å². The Kier molecular flexibility index (Phi) is 13.0. The van der Waals surface area contributed by atoms with Crippen molar-refractivity contribution in [1.82, 2.24) is 10.6 Å². The van der Waals surface area contributed by atoms with E-state index in [1.807, 2.05) is 0 Å². The smallest absolute Gasteiger partial charge is 0.306 e. The number of aldehydes is 1. The summed E-state index contributed by atoms with van der Waals surface area (Å²) in [6.45, 7) is 9.75. The lowest BCUT2D eigenvalue weighted by molar-refractivity contribution is -0.172. The molecule has 3 rings (SSSR count). The lowest BCUT2D eigenvalue weighted by Gasteiger charge is -2.42. The Balaban J connectivity index is 1.27. The van der Waals surface area contributed by atoms with Crippen LogP contribution in [-0.4, -0.2) is 107 Å². The predicted octanol–water partition coefficient (Wildman–Crippen LogP) is 1.71. The van der Waals surface area contributed by atoms with Gasteiger partial charge in [-0.2, -0.15) is 0 Å². The summed E-state index contributed by atoms with van der Waals surface area (Å²) in [6.07, 6.45) is 6.00. The minimum Gasteiger partial charge on any atom is -0.460 e. The highest BCUT2D eigenvalue weighted by molar-refractivity contribution is 5.76. The van der Waals surface area contributed by atoms with E-state index in [-0.39, 0.29) is 60.3 Å². The van der Waals surface area contributed by atoms with Crippen LogP contribution < -0.4 is 10.6 Å². The molecule has 2 N–H and O–H groups in total. The van der Waals surface area contributed by atoms with E-state index in [2.05, 4.69) is 37.5 Å². The standard InChI is InChI=1S/C29H48N2O9/c1-21(2)7-8-23-28(3,40-23)27-26(35-4)22(9-11-29(27)20-38-29)39-25(34)6-5-16-36-18-19-37-17-14-31-24(33)10-12-30-13-15-32/h7,15,22-23,26-27,30H,5-6,8-14,16-20H2,1-4H3,(H,31,33)/t22?,23-,26?,27?,28+,29+/m1/s1. The van der Waals surface area contributed by atoms with Gasteiger partial charge in [-0.05, 0) is 46.5 Å². The van der Waals surface area contributed by atoms with Crippen LogP contribution in [0.5, 0.6) is 0 Å². The number of amides is 1. The van der Waals surface area contributed by atoms with E-state index in [1.54, 1.807) is 7.11 Å². The molecule has 1 amide bonds. The highest BCUT2D eigenvalue weighted by Crippen LogP contribution is 2.59. The lowest BCUT2D eigenvalue weighted by atomic mass is 9.68. The molecule has 2 saturated heterocycles. The molecule has 1 saturated carbocycles. The van der Waals surface area contributed by atoms with E-state index >= 15 is 0 Å². The molecule has 6 atom stereocenters. The summed E-state index contributed by atoms with van der Waals surface area (Å²) < 4.78 is 35.0. The van der Waals surface area contributed by atoms with Crippen molar-refractivity contribution in [3.63, 3.8) is 0 Å². The van der Waals surface area contributed by atoms with Crippen molar-refractivity contribution in [2.24, 2.45) is 5.92 Å². The van der Waals surface area contributed by atoms with Gasteiger partial charge in [0.1, 0.15) is 29.7 Å². The zero-order chi connectivity index (χ0) is 29.0. The number of hydrogen-bond donors (Lipinski definition) is 2. The number of rotatable bonds is 20. The van der Waals surface area contributed by atoms with Gasteiger partial charge in [-0.1, -0.05) is 11.6 Å². The Hall–Kier alpha value is -1.89. The van der Waals surface area contributed by atoms with Crippen molar-refractivity contribution >= 4 is 18.2 Å². The van der Waals surface area contributed by atoms with Crippen LogP contribution in [0.15, 0.2) is 11.6 Å². The minimum atomic E-state index is -0.356. The zero-order valence-corrected chi connectivity index (χ0v) is 24.5. The van der Waals surface area contributed by atoms with Crippen molar-refractivity contribution in [1.29, 1.82) is 0 Å². The van der Waals surface area contributed by atoms with Crippen LogP contribution >= 0.6 is 0 Å². The SMILES string of the molecule is COC1C(OC(=O)CCCOCCOCCNC(=O)CCNCC=O)CC[C@]2(CO2)C1[C@@]1(C)O[C@@H]1CC=C(C)C. The van der Waals surface area contributed by atoms with Crippen molar-refractivity contribution < 1.29 is 42.8 Å². The molecule has 0 aromatic carbocycles. The maximum absolute atomic E-state index is 12.6. The van der Waals surface area contributed by atoms with Crippen molar-refractivity contribution in [3.05, 3.63) is 11.6 Å². The zero-order valence-electron chi connectivity index (χ0n) is 24.5. The molecule has 40 heavy (non-hydrogen) atoms. The average molecular weight is 569 g/mol. The van der Waals surface area contributed by atoms with Gasteiger partial charge in [0.15, 0.2) is 0 Å². The summed E-state index contributed by atoms with van der Waals surface area (Å²) in [4.78, 5) is 34.4. The summed E-state index contributed by atoms with van der Waals surface area (Å²) >= 11 is 0. The van der Waals surface area contributed by atoms with Gasteiger partial charge in [-0.3, -0.25) is 9.59 Å². The molecule has 228 valence electrons. The van der Waals surface area contributed by atoms with Crippen molar-refractivity contribution in [2.75, 3.05) is 59.8 Å². The fourth-order valence-electron chi connectivity index (χ4n) is 5.65. The monoisotopic (exact) mass is 568 g/mol. The Bertz CT molecular complexity index is 858. The molecule has 1 aliphatic carbocycles. The van der Waals surface area contributed by atoms with Gasteiger partial charge >= 0.3 is 5.97 Å². The molecule has 0 radical (unpaired) electrons. The highest BCUT2D eigenvalue weighted by Gasteiger charge is 2.72. The number of hydrogen-bond acceptors (Lipinski definition) is 10. The van der Waals surface area contributed by atoms with E-state index in [1.165, 1.54) is 5.57 Å². The second kappa shape index (κ2) is 15.9. The quantitative estimate of drug-likeness (QED) is 0.0734.